The second kappa shape index (κ2) is 14.1. The fourth-order valence-corrected chi connectivity index (χ4v) is 4.58. The lowest BCUT2D eigenvalue weighted by Crippen LogP contribution is -2.39. The van der Waals surface area contributed by atoms with E-state index in [0.29, 0.717) is 26.2 Å². The monoisotopic (exact) mass is 448 g/mol. The van der Waals surface area contributed by atoms with Crippen molar-refractivity contribution in [2.24, 2.45) is 0 Å². The molecule has 0 bridgehead atoms. The molecule has 32 heavy (non-hydrogen) atoms. The zero-order chi connectivity index (χ0) is 22.6. The van der Waals surface area contributed by atoms with E-state index in [-0.39, 0.29) is 30.7 Å². The fraction of sp³-hybridized carbons (Fsp3) is 0.692. The third-order valence-corrected chi connectivity index (χ3v) is 6.26. The van der Waals surface area contributed by atoms with Crippen LogP contribution in [-0.4, -0.2) is 62.2 Å². The van der Waals surface area contributed by atoms with Gasteiger partial charge in [0.05, 0.1) is 50.3 Å². The van der Waals surface area contributed by atoms with Gasteiger partial charge in [-0.15, -0.1) is 6.58 Å². The van der Waals surface area contributed by atoms with Gasteiger partial charge < -0.3 is 28.8 Å². The number of aliphatic hydroxyl groups excluding tert-OH is 1. The Kier molecular flexibility index (Phi) is 11.2. The van der Waals surface area contributed by atoms with E-state index in [1.54, 1.807) is 7.11 Å². The van der Waals surface area contributed by atoms with Crippen LogP contribution in [0.3, 0.4) is 0 Å². The number of ether oxygens (including phenoxy) is 5. The van der Waals surface area contributed by atoms with Crippen molar-refractivity contribution in [3.05, 3.63) is 48.6 Å². The molecule has 2 unspecified atom stereocenters. The smallest absolute Gasteiger partial charge is 0.157 e. The molecular formula is C26H40O6. The first-order valence-corrected chi connectivity index (χ1v) is 12.0. The molecule has 0 radical (unpaired) electrons. The van der Waals surface area contributed by atoms with Crippen LogP contribution in [0.1, 0.15) is 56.9 Å². The van der Waals surface area contributed by atoms with E-state index in [4.69, 9.17) is 23.7 Å². The Balaban J connectivity index is 1.44. The van der Waals surface area contributed by atoms with E-state index < -0.39 is 6.10 Å². The molecule has 2 saturated heterocycles. The van der Waals surface area contributed by atoms with Gasteiger partial charge in [-0.05, 0) is 50.5 Å². The van der Waals surface area contributed by atoms with E-state index in [1.165, 1.54) is 5.56 Å². The van der Waals surface area contributed by atoms with Crippen molar-refractivity contribution in [3.8, 4) is 0 Å². The Bertz CT molecular complexity index is 632. The highest BCUT2D eigenvalue weighted by atomic mass is 16.7. The molecule has 1 aromatic rings. The molecule has 0 aromatic heterocycles. The van der Waals surface area contributed by atoms with Crippen LogP contribution in [0, 0.1) is 0 Å². The SMILES string of the molecule is C=CC[C@@H]1CC(OCc2ccccc2)CC(C[C@@H](C[C@@H](O)CCCC2OCCO2)OC)O1. The molecule has 2 fully saturated rings. The van der Waals surface area contributed by atoms with Crippen molar-refractivity contribution in [2.45, 2.75) is 94.8 Å². The van der Waals surface area contributed by atoms with Gasteiger partial charge in [0.25, 0.3) is 0 Å². The lowest BCUT2D eigenvalue weighted by Gasteiger charge is -2.36. The highest BCUT2D eigenvalue weighted by molar-refractivity contribution is 5.13. The molecule has 180 valence electrons. The molecule has 6 heteroatoms. The van der Waals surface area contributed by atoms with Crippen molar-refractivity contribution in [1.82, 2.24) is 0 Å². The van der Waals surface area contributed by atoms with Gasteiger partial charge in [-0.25, -0.2) is 0 Å². The van der Waals surface area contributed by atoms with E-state index in [9.17, 15) is 5.11 Å². The van der Waals surface area contributed by atoms with Gasteiger partial charge in [0, 0.05) is 13.5 Å². The van der Waals surface area contributed by atoms with Crippen LogP contribution in [0.25, 0.3) is 0 Å². The Morgan fingerprint density at radius 2 is 1.91 bits per heavy atom. The topological polar surface area (TPSA) is 66.4 Å². The number of benzene rings is 1. The zero-order valence-electron chi connectivity index (χ0n) is 19.4. The number of hydrogen-bond acceptors (Lipinski definition) is 6. The molecule has 0 aliphatic carbocycles. The van der Waals surface area contributed by atoms with Crippen LogP contribution in [0.5, 0.6) is 0 Å². The summed E-state index contributed by atoms with van der Waals surface area (Å²) in [7, 11) is 1.71. The van der Waals surface area contributed by atoms with Crippen LogP contribution in [0.4, 0.5) is 0 Å². The maximum absolute atomic E-state index is 10.5. The van der Waals surface area contributed by atoms with Gasteiger partial charge >= 0.3 is 0 Å². The molecular weight excluding hydrogens is 408 g/mol. The first-order valence-electron chi connectivity index (χ1n) is 12.0. The van der Waals surface area contributed by atoms with Crippen LogP contribution in [0.2, 0.25) is 0 Å². The zero-order valence-corrected chi connectivity index (χ0v) is 19.4. The molecule has 0 amide bonds. The normalized spacial score (nSPS) is 26.1. The average molecular weight is 449 g/mol. The van der Waals surface area contributed by atoms with Crippen molar-refractivity contribution >= 4 is 0 Å². The van der Waals surface area contributed by atoms with Gasteiger partial charge in [-0.3, -0.25) is 0 Å². The van der Waals surface area contributed by atoms with E-state index >= 15 is 0 Å². The summed E-state index contributed by atoms with van der Waals surface area (Å²) in [6.07, 6.45) is 7.96. The minimum absolute atomic E-state index is 0.0481. The van der Waals surface area contributed by atoms with Gasteiger partial charge in [0.2, 0.25) is 0 Å². The Labute approximate surface area is 192 Å². The summed E-state index contributed by atoms with van der Waals surface area (Å²) < 4.78 is 29.2. The van der Waals surface area contributed by atoms with E-state index in [2.05, 4.69) is 18.7 Å². The first-order chi connectivity index (χ1) is 15.7. The quantitative estimate of drug-likeness (QED) is 0.426. The van der Waals surface area contributed by atoms with Gasteiger partial charge in [-0.1, -0.05) is 36.4 Å². The molecule has 0 saturated carbocycles. The lowest BCUT2D eigenvalue weighted by molar-refractivity contribution is -0.131. The van der Waals surface area contributed by atoms with Gasteiger partial charge in [0.15, 0.2) is 6.29 Å². The second-order valence-electron chi connectivity index (χ2n) is 8.88. The summed E-state index contributed by atoms with van der Waals surface area (Å²) in [5, 5.41) is 10.5. The Morgan fingerprint density at radius 3 is 2.62 bits per heavy atom. The molecule has 1 aromatic carbocycles. The largest absolute Gasteiger partial charge is 0.393 e. The third kappa shape index (κ3) is 8.93. The molecule has 6 nitrogen and oxygen atoms in total. The maximum Gasteiger partial charge on any atom is 0.157 e. The summed E-state index contributed by atoms with van der Waals surface area (Å²) in [6.45, 7) is 5.83. The number of hydrogen-bond donors (Lipinski definition) is 1. The summed E-state index contributed by atoms with van der Waals surface area (Å²) in [5.41, 5.74) is 1.18. The average Bonchev–Trinajstić information content (AvgIpc) is 3.32. The molecule has 2 heterocycles. The number of rotatable bonds is 14. The predicted molar refractivity (Wildman–Crippen MR) is 123 cm³/mol. The summed E-state index contributed by atoms with van der Waals surface area (Å²) >= 11 is 0. The Morgan fingerprint density at radius 1 is 1.16 bits per heavy atom. The fourth-order valence-electron chi connectivity index (χ4n) is 4.58. The molecule has 1 N–H and O–H groups in total. The summed E-state index contributed by atoms with van der Waals surface area (Å²) in [6, 6.07) is 10.3. The minimum Gasteiger partial charge on any atom is -0.393 e. The van der Waals surface area contributed by atoms with Gasteiger partial charge in [0.1, 0.15) is 0 Å². The number of methoxy groups -OCH3 is 1. The van der Waals surface area contributed by atoms with Crippen LogP contribution in [0.15, 0.2) is 43.0 Å². The van der Waals surface area contributed by atoms with Gasteiger partial charge in [-0.2, -0.15) is 0 Å². The lowest BCUT2D eigenvalue weighted by atomic mass is 9.93. The molecule has 2 aliphatic heterocycles. The first kappa shape index (κ1) is 25.3. The molecule has 3 rings (SSSR count). The molecule has 2 aliphatic rings. The van der Waals surface area contributed by atoms with Crippen LogP contribution < -0.4 is 0 Å². The predicted octanol–water partition coefficient (Wildman–Crippen LogP) is 4.39. The van der Waals surface area contributed by atoms with Crippen molar-refractivity contribution in [3.63, 3.8) is 0 Å². The third-order valence-electron chi connectivity index (χ3n) is 6.26. The van der Waals surface area contributed by atoms with Crippen LogP contribution in [-0.2, 0) is 30.3 Å². The highest BCUT2D eigenvalue weighted by Crippen LogP contribution is 2.29. The van der Waals surface area contributed by atoms with Crippen molar-refractivity contribution in [1.29, 1.82) is 0 Å². The number of aliphatic hydroxyl groups is 1. The highest BCUT2D eigenvalue weighted by Gasteiger charge is 2.31. The molecule has 5 atom stereocenters. The van der Waals surface area contributed by atoms with Crippen molar-refractivity contribution in [2.75, 3.05) is 20.3 Å². The second-order valence-corrected chi connectivity index (χ2v) is 8.88. The van der Waals surface area contributed by atoms with E-state index in [1.807, 2.05) is 24.3 Å². The van der Waals surface area contributed by atoms with Crippen molar-refractivity contribution < 1.29 is 28.8 Å². The summed E-state index contributed by atoms with van der Waals surface area (Å²) in [4.78, 5) is 0. The minimum atomic E-state index is -0.404. The maximum atomic E-state index is 10.5. The Hall–Kier alpha value is -1.28. The standard InChI is InChI=1S/C26H40O6/c1-3-8-22-16-24(31-19-20-9-5-4-6-10-20)18-25(32-22)17-23(28-2)15-21(27)11-7-12-26-29-13-14-30-26/h3-6,9-10,21-27H,1,7-8,11-19H2,2H3/t21-,22+,23+,24?,25?/m0/s1. The van der Waals surface area contributed by atoms with E-state index in [0.717, 1.165) is 44.9 Å². The summed E-state index contributed by atoms with van der Waals surface area (Å²) in [5.74, 6) is 0. The van der Waals surface area contributed by atoms with Crippen LogP contribution >= 0.6 is 0 Å². The molecule has 0 spiro atoms.